The fourth-order valence-electron chi connectivity index (χ4n) is 1.68. The lowest BCUT2D eigenvalue weighted by Crippen LogP contribution is -1.97. The molecular weight excluding hydrogens is 248 g/mol. The molecule has 0 bridgehead atoms. The highest BCUT2D eigenvalue weighted by Crippen LogP contribution is 2.39. The lowest BCUT2D eigenvalue weighted by molar-refractivity contribution is 0.104. The molecule has 0 aliphatic carbocycles. The summed E-state index contributed by atoms with van der Waals surface area (Å²) in [5.74, 6) is 0.0337. The molecule has 0 spiro atoms. The largest absolute Gasteiger partial charge is 0.432 e. The molecule has 3 rings (SSSR count). The molecule has 1 aromatic heterocycles. The van der Waals surface area contributed by atoms with E-state index in [1.165, 1.54) is 11.8 Å². The van der Waals surface area contributed by atoms with Crippen molar-refractivity contribution in [1.82, 2.24) is 4.98 Å². The van der Waals surface area contributed by atoms with E-state index in [9.17, 15) is 4.79 Å². The van der Waals surface area contributed by atoms with Crippen LogP contribution in [0, 0.1) is 6.92 Å². The van der Waals surface area contributed by atoms with E-state index in [2.05, 4.69) is 10.3 Å². The number of carbonyl (C=O) groups is 1. The number of hydrogen-bond donors (Lipinski definition) is 1. The molecule has 0 unspecified atom stereocenters. The van der Waals surface area contributed by atoms with Crippen LogP contribution in [-0.2, 0) is 0 Å². The average Bonchev–Trinajstić information content (AvgIpc) is 2.92. The summed E-state index contributed by atoms with van der Waals surface area (Å²) in [6, 6.07) is 7.96. The highest BCUT2D eigenvalue weighted by molar-refractivity contribution is 8.04. The van der Waals surface area contributed by atoms with E-state index in [0.29, 0.717) is 10.9 Å². The van der Waals surface area contributed by atoms with Gasteiger partial charge in [-0.05, 0) is 19.1 Å². The fraction of sp³-hybridized carbons (Fsp3) is 0.0769. The zero-order chi connectivity index (χ0) is 12.5. The van der Waals surface area contributed by atoms with Gasteiger partial charge in [-0.15, -0.1) is 0 Å². The van der Waals surface area contributed by atoms with Gasteiger partial charge in [0.15, 0.2) is 0 Å². The van der Waals surface area contributed by atoms with E-state index in [1.807, 2.05) is 31.2 Å². The Morgan fingerprint density at radius 3 is 2.94 bits per heavy atom. The van der Waals surface area contributed by atoms with Crippen molar-refractivity contribution in [2.75, 3.05) is 5.32 Å². The summed E-state index contributed by atoms with van der Waals surface area (Å²) in [5, 5.41) is 2.89. The normalized spacial score (nSPS) is 16.1. The van der Waals surface area contributed by atoms with Crippen molar-refractivity contribution in [1.29, 1.82) is 0 Å². The molecule has 1 aromatic carbocycles. The van der Waals surface area contributed by atoms with Crippen LogP contribution in [0.5, 0.6) is 0 Å². The highest BCUT2D eigenvalue weighted by atomic mass is 32.2. The number of ketones is 1. The van der Waals surface area contributed by atoms with Crippen LogP contribution in [0.3, 0.4) is 0 Å². The number of fused-ring (bicyclic) bond motifs is 1. The Morgan fingerprint density at radius 1 is 1.39 bits per heavy atom. The first kappa shape index (κ1) is 11.1. The molecule has 4 nitrogen and oxygen atoms in total. The third kappa shape index (κ3) is 1.93. The number of nitrogens with zero attached hydrogens (tertiary/aromatic N) is 1. The third-order valence-electron chi connectivity index (χ3n) is 2.52. The number of carbonyl (C=O) groups excluding carboxylic acids is 1. The fourth-order valence-corrected chi connectivity index (χ4v) is 2.66. The topological polar surface area (TPSA) is 55.1 Å². The number of aromatic nitrogens is 1. The SMILES string of the molecule is Cc1coc(N/C=C2\Sc3ccccc3C2=O)n1. The van der Waals surface area contributed by atoms with Gasteiger partial charge in [0.2, 0.25) is 5.78 Å². The Kier molecular flexibility index (Phi) is 2.68. The monoisotopic (exact) mass is 258 g/mol. The van der Waals surface area contributed by atoms with Crippen LogP contribution < -0.4 is 5.32 Å². The van der Waals surface area contributed by atoms with Crippen molar-refractivity contribution >= 4 is 23.6 Å². The van der Waals surface area contributed by atoms with Crippen LogP contribution in [0.15, 0.2) is 50.9 Å². The summed E-state index contributed by atoms with van der Waals surface area (Å²) in [6.07, 6.45) is 3.19. The Balaban J connectivity index is 1.82. The molecule has 5 heteroatoms. The summed E-state index contributed by atoms with van der Waals surface area (Å²) < 4.78 is 5.15. The van der Waals surface area contributed by atoms with Crippen LogP contribution >= 0.6 is 11.8 Å². The molecule has 1 aliphatic heterocycles. The molecule has 0 fully saturated rings. The minimum absolute atomic E-state index is 0.0337. The number of aryl methyl sites for hydroxylation is 1. The maximum absolute atomic E-state index is 12.0. The summed E-state index contributed by atoms with van der Waals surface area (Å²) >= 11 is 1.45. The average molecular weight is 258 g/mol. The molecular formula is C13H10N2O2S. The second kappa shape index (κ2) is 4.34. The van der Waals surface area contributed by atoms with Crippen LogP contribution in [0.2, 0.25) is 0 Å². The molecule has 1 N–H and O–H groups in total. The molecule has 0 saturated carbocycles. The van der Waals surface area contributed by atoms with E-state index < -0.39 is 0 Å². The lowest BCUT2D eigenvalue weighted by Gasteiger charge is -1.95. The minimum atomic E-state index is 0.0337. The second-order valence-electron chi connectivity index (χ2n) is 3.87. The second-order valence-corrected chi connectivity index (χ2v) is 4.96. The third-order valence-corrected chi connectivity index (χ3v) is 3.62. The molecule has 0 atom stereocenters. The van der Waals surface area contributed by atoms with Gasteiger partial charge in [0.05, 0.1) is 10.6 Å². The van der Waals surface area contributed by atoms with Crippen molar-refractivity contribution in [2.45, 2.75) is 11.8 Å². The van der Waals surface area contributed by atoms with Crippen molar-refractivity contribution in [3.63, 3.8) is 0 Å². The number of Topliss-reactive ketones (excluding diaryl/α,β-unsaturated/α-hetero) is 1. The molecule has 0 saturated heterocycles. The minimum Gasteiger partial charge on any atom is -0.432 e. The van der Waals surface area contributed by atoms with E-state index in [0.717, 1.165) is 16.2 Å². The summed E-state index contributed by atoms with van der Waals surface area (Å²) in [4.78, 5) is 17.8. The molecule has 2 heterocycles. The first-order valence-corrected chi connectivity index (χ1v) is 6.26. The number of nitrogens with one attached hydrogen (secondary N) is 1. The van der Waals surface area contributed by atoms with Gasteiger partial charge in [-0.25, -0.2) is 0 Å². The highest BCUT2D eigenvalue weighted by Gasteiger charge is 2.25. The molecule has 1 aliphatic rings. The predicted molar refractivity (Wildman–Crippen MR) is 69.6 cm³/mol. The number of anilines is 1. The molecule has 0 radical (unpaired) electrons. The van der Waals surface area contributed by atoms with Gasteiger partial charge in [-0.2, -0.15) is 4.98 Å². The van der Waals surface area contributed by atoms with Gasteiger partial charge < -0.3 is 9.73 Å². The summed E-state index contributed by atoms with van der Waals surface area (Å²) in [7, 11) is 0. The van der Waals surface area contributed by atoms with Gasteiger partial charge in [-0.3, -0.25) is 4.79 Å². The summed E-state index contributed by atoms with van der Waals surface area (Å²) in [6.45, 7) is 1.84. The van der Waals surface area contributed by atoms with Gasteiger partial charge in [0, 0.05) is 16.7 Å². The number of benzene rings is 1. The van der Waals surface area contributed by atoms with Crippen LogP contribution in [0.4, 0.5) is 6.01 Å². The van der Waals surface area contributed by atoms with E-state index >= 15 is 0 Å². The number of thioether (sulfide) groups is 1. The number of oxazole rings is 1. The number of hydrogen-bond acceptors (Lipinski definition) is 5. The predicted octanol–water partition coefficient (Wildman–Crippen LogP) is 3.22. The first-order chi connectivity index (χ1) is 8.74. The van der Waals surface area contributed by atoms with Crippen LogP contribution in [-0.4, -0.2) is 10.8 Å². The van der Waals surface area contributed by atoms with E-state index in [4.69, 9.17) is 4.42 Å². The molecule has 2 aromatic rings. The Hall–Kier alpha value is -2.01. The van der Waals surface area contributed by atoms with Crippen LogP contribution in [0.1, 0.15) is 16.1 Å². The maximum atomic E-state index is 12.0. The van der Waals surface area contributed by atoms with Crippen molar-refractivity contribution in [3.8, 4) is 0 Å². The zero-order valence-corrected chi connectivity index (χ0v) is 10.5. The van der Waals surface area contributed by atoms with E-state index in [-0.39, 0.29) is 5.78 Å². The van der Waals surface area contributed by atoms with Gasteiger partial charge in [0.1, 0.15) is 6.26 Å². The Labute approximate surface area is 108 Å². The molecule has 18 heavy (non-hydrogen) atoms. The number of rotatable bonds is 2. The lowest BCUT2D eigenvalue weighted by atomic mass is 10.1. The quantitative estimate of drug-likeness (QED) is 0.838. The zero-order valence-electron chi connectivity index (χ0n) is 9.64. The first-order valence-electron chi connectivity index (χ1n) is 5.44. The molecule has 0 amide bonds. The van der Waals surface area contributed by atoms with Crippen LogP contribution in [0.25, 0.3) is 0 Å². The van der Waals surface area contributed by atoms with Crippen molar-refractivity contribution in [3.05, 3.63) is 52.9 Å². The van der Waals surface area contributed by atoms with Gasteiger partial charge >= 0.3 is 0 Å². The van der Waals surface area contributed by atoms with Gasteiger partial charge in [-0.1, -0.05) is 23.9 Å². The standard InChI is InChI=1S/C13H10N2O2S/c1-8-7-17-13(15-8)14-6-11-12(16)9-4-2-3-5-10(9)18-11/h2-7H,1H3,(H,14,15)/b11-6-. The Morgan fingerprint density at radius 2 is 2.22 bits per heavy atom. The van der Waals surface area contributed by atoms with Gasteiger partial charge in [0.25, 0.3) is 6.01 Å². The van der Waals surface area contributed by atoms with Crippen molar-refractivity contribution in [2.24, 2.45) is 0 Å². The van der Waals surface area contributed by atoms with Crippen molar-refractivity contribution < 1.29 is 9.21 Å². The molecule has 90 valence electrons. The summed E-state index contributed by atoms with van der Waals surface area (Å²) in [5.41, 5.74) is 1.55. The van der Waals surface area contributed by atoms with E-state index in [1.54, 1.807) is 12.5 Å². The smallest absolute Gasteiger partial charge is 0.298 e. The number of allylic oxidation sites excluding steroid dienone is 1. The maximum Gasteiger partial charge on any atom is 0.298 e. The Bertz CT molecular complexity index is 646.